The first-order valence-electron chi connectivity index (χ1n) is 10.1. The minimum atomic E-state index is 0.674. The Hall–Kier alpha value is -2.94. The summed E-state index contributed by atoms with van der Waals surface area (Å²) >= 11 is 0. The van der Waals surface area contributed by atoms with Crippen molar-refractivity contribution >= 4 is 5.69 Å². The molecule has 0 aliphatic carbocycles. The Morgan fingerprint density at radius 1 is 0.714 bits per heavy atom. The molecule has 0 heterocycles. The van der Waals surface area contributed by atoms with Crippen molar-refractivity contribution in [3.63, 3.8) is 0 Å². The molecule has 0 aromatic heterocycles. The molecule has 0 aliphatic rings. The molecule has 0 fully saturated rings. The zero-order chi connectivity index (χ0) is 19.4. The lowest BCUT2D eigenvalue weighted by atomic mass is 10.2. The Bertz CT molecular complexity index is 815. The lowest BCUT2D eigenvalue weighted by Gasteiger charge is -2.11. The van der Waals surface area contributed by atoms with Crippen molar-refractivity contribution in [1.29, 1.82) is 0 Å². The molecule has 1 N–H and O–H groups in total. The summed E-state index contributed by atoms with van der Waals surface area (Å²) in [6, 6.07) is 26.8. The van der Waals surface area contributed by atoms with Gasteiger partial charge in [0.2, 0.25) is 0 Å². The maximum Gasteiger partial charge on any atom is 0.121 e. The number of nitrogens with one attached hydrogen (secondary N) is 1. The number of ether oxygens (including phenoxy) is 2. The van der Waals surface area contributed by atoms with E-state index in [1.54, 1.807) is 0 Å². The Kier molecular flexibility index (Phi) is 7.80. The highest BCUT2D eigenvalue weighted by atomic mass is 16.5. The monoisotopic (exact) mass is 375 g/mol. The number of benzene rings is 3. The van der Waals surface area contributed by atoms with Gasteiger partial charge in [-0.3, -0.25) is 0 Å². The highest BCUT2D eigenvalue weighted by Gasteiger charge is 2.00. The van der Waals surface area contributed by atoms with E-state index >= 15 is 0 Å². The molecule has 3 aromatic carbocycles. The molecule has 0 aliphatic heterocycles. The van der Waals surface area contributed by atoms with E-state index in [2.05, 4.69) is 54.7 Å². The zero-order valence-electron chi connectivity index (χ0n) is 16.6. The topological polar surface area (TPSA) is 30.5 Å². The van der Waals surface area contributed by atoms with Gasteiger partial charge in [0.05, 0.1) is 13.2 Å². The van der Waals surface area contributed by atoms with E-state index in [0.717, 1.165) is 49.6 Å². The molecular formula is C25H29NO2. The van der Waals surface area contributed by atoms with Gasteiger partial charge < -0.3 is 14.8 Å². The molecule has 0 unspecified atom stereocenters. The van der Waals surface area contributed by atoms with E-state index in [0.29, 0.717) is 6.61 Å². The predicted octanol–water partition coefficient (Wildman–Crippen LogP) is 6.10. The highest BCUT2D eigenvalue weighted by molar-refractivity contribution is 5.48. The third-order valence-electron chi connectivity index (χ3n) is 4.52. The summed E-state index contributed by atoms with van der Waals surface area (Å²) in [5.74, 6) is 1.83. The zero-order valence-corrected chi connectivity index (χ0v) is 16.6. The predicted molar refractivity (Wildman–Crippen MR) is 116 cm³/mol. The van der Waals surface area contributed by atoms with E-state index < -0.39 is 0 Å². The summed E-state index contributed by atoms with van der Waals surface area (Å²) in [6.45, 7) is 4.39. The molecule has 0 spiro atoms. The molecule has 0 saturated carbocycles. The Labute approximate surface area is 168 Å². The second kappa shape index (κ2) is 11.0. The minimum Gasteiger partial charge on any atom is -0.494 e. The van der Waals surface area contributed by atoms with Gasteiger partial charge >= 0.3 is 0 Å². The molecule has 0 bridgehead atoms. The molecule has 3 rings (SSSR count). The first kappa shape index (κ1) is 19.8. The molecular weight excluding hydrogens is 346 g/mol. The van der Waals surface area contributed by atoms with E-state index in [4.69, 9.17) is 9.47 Å². The minimum absolute atomic E-state index is 0.674. The smallest absolute Gasteiger partial charge is 0.121 e. The Morgan fingerprint density at radius 2 is 1.50 bits per heavy atom. The average Bonchev–Trinajstić information content (AvgIpc) is 2.74. The van der Waals surface area contributed by atoms with Gasteiger partial charge in [0, 0.05) is 24.7 Å². The van der Waals surface area contributed by atoms with Crippen molar-refractivity contribution in [3.8, 4) is 11.5 Å². The SMILES string of the molecule is CCCCOc1ccc(CNc2cccc(OCCc3ccccc3)c2)cc1. The fourth-order valence-electron chi connectivity index (χ4n) is 2.87. The average molecular weight is 376 g/mol. The quantitative estimate of drug-likeness (QED) is 0.411. The van der Waals surface area contributed by atoms with Crippen LogP contribution in [0.4, 0.5) is 5.69 Å². The van der Waals surface area contributed by atoms with Gasteiger partial charge in [0.15, 0.2) is 0 Å². The molecule has 0 saturated heterocycles. The molecule has 0 atom stereocenters. The van der Waals surface area contributed by atoms with Crippen LogP contribution in [0.1, 0.15) is 30.9 Å². The van der Waals surface area contributed by atoms with Gasteiger partial charge in [0.1, 0.15) is 11.5 Å². The second-order valence-electron chi connectivity index (χ2n) is 6.81. The number of hydrogen-bond donors (Lipinski definition) is 1. The van der Waals surface area contributed by atoms with Crippen molar-refractivity contribution < 1.29 is 9.47 Å². The molecule has 3 aromatic rings. The van der Waals surface area contributed by atoms with E-state index in [1.165, 1.54) is 11.1 Å². The van der Waals surface area contributed by atoms with Gasteiger partial charge in [-0.05, 0) is 41.8 Å². The van der Waals surface area contributed by atoms with Crippen molar-refractivity contribution in [1.82, 2.24) is 0 Å². The Balaban J connectivity index is 1.45. The third-order valence-corrected chi connectivity index (χ3v) is 4.52. The van der Waals surface area contributed by atoms with E-state index in [-0.39, 0.29) is 0 Å². The van der Waals surface area contributed by atoms with Gasteiger partial charge in [-0.25, -0.2) is 0 Å². The van der Waals surface area contributed by atoms with Gasteiger partial charge in [-0.2, -0.15) is 0 Å². The number of unbranched alkanes of at least 4 members (excludes halogenated alkanes) is 1. The van der Waals surface area contributed by atoms with Crippen LogP contribution >= 0.6 is 0 Å². The summed E-state index contributed by atoms with van der Waals surface area (Å²) in [4.78, 5) is 0. The maximum atomic E-state index is 5.91. The van der Waals surface area contributed by atoms with E-state index in [1.807, 2.05) is 36.4 Å². The van der Waals surface area contributed by atoms with Crippen molar-refractivity contribution in [3.05, 3.63) is 90.0 Å². The molecule has 3 nitrogen and oxygen atoms in total. The lowest BCUT2D eigenvalue weighted by Crippen LogP contribution is -2.03. The molecule has 0 amide bonds. The second-order valence-corrected chi connectivity index (χ2v) is 6.81. The maximum absolute atomic E-state index is 5.91. The molecule has 146 valence electrons. The van der Waals surface area contributed by atoms with Crippen LogP contribution in [-0.2, 0) is 13.0 Å². The van der Waals surface area contributed by atoms with Crippen LogP contribution < -0.4 is 14.8 Å². The van der Waals surface area contributed by atoms with Crippen LogP contribution in [0.15, 0.2) is 78.9 Å². The van der Waals surface area contributed by atoms with Crippen LogP contribution in [0.5, 0.6) is 11.5 Å². The van der Waals surface area contributed by atoms with Crippen molar-refractivity contribution in [2.45, 2.75) is 32.7 Å². The van der Waals surface area contributed by atoms with E-state index in [9.17, 15) is 0 Å². The molecule has 3 heteroatoms. The summed E-state index contributed by atoms with van der Waals surface area (Å²) in [5.41, 5.74) is 3.57. The van der Waals surface area contributed by atoms with Crippen molar-refractivity contribution in [2.24, 2.45) is 0 Å². The normalized spacial score (nSPS) is 10.5. The van der Waals surface area contributed by atoms with Crippen LogP contribution in [0.2, 0.25) is 0 Å². The van der Waals surface area contributed by atoms with Crippen LogP contribution in [0, 0.1) is 0 Å². The summed E-state index contributed by atoms with van der Waals surface area (Å²) in [7, 11) is 0. The van der Waals surface area contributed by atoms with Crippen LogP contribution in [0.25, 0.3) is 0 Å². The molecule has 28 heavy (non-hydrogen) atoms. The van der Waals surface area contributed by atoms with Crippen LogP contribution in [-0.4, -0.2) is 13.2 Å². The largest absolute Gasteiger partial charge is 0.494 e. The summed E-state index contributed by atoms with van der Waals surface area (Å²) < 4.78 is 11.6. The van der Waals surface area contributed by atoms with Gasteiger partial charge in [-0.1, -0.05) is 61.9 Å². The number of anilines is 1. The fraction of sp³-hybridized carbons (Fsp3) is 0.280. The van der Waals surface area contributed by atoms with Crippen LogP contribution in [0.3, 0.4) is 0 Å². The first-order chi connectivity index (χ1) is 13.8. The first-order valence-corrected chi connectivity index (χ1v) is 10.1. The van der Waals surface area contributed by atoms with Gasteiger partial charge in [-0.15, -0.1) is 0 Å². The third kappa shape index (κ3) is 6.66. The van der Waals surface area contributed by atoms with Crippen molar-refractivity contribution in [2.75, 3.05) is 18.5 Å². The highest BCUT2D eigenvalue weighted by Crippen LogP contribution is 2.19. The van der Waals surface area contributed by atoms with Gasteiger partial charge in [0.25, 0.3) is 0 Å². The molecule has 0 radical (unpaired) electrons. The summed E-state index contributed by atoms with van der Waals surface area (Å²) in [6.07, 6.45) is 3.15. The Morgan fingerprint density at radius 3 is 2.29 bits per heavy atom. The number of hydrogen-bond acceptors (Lipinski definition) is 3. The fourth-order valence-corrected chi connectivity index (χ4v) is 2.87. The summed E-state index contributed by atoms with van der Waals surface area (Å²) in [5, 5.41) is 3.46. The number of rotatable bonds is 11. The lowest BCUT2D eigenvalue weighted by molar-refractivity contribution is 0.309. The standard InChI is InChI=1S/C25H29NO2/c1-2-3-17-27-24-14-12-22(13-15-24)20-26-23-10-7-11-25(19-23)28-18-16-21-8-5-4-6-9-21/h4-15,19,26H,2-3,16-18,20H2,1H3.